The molecule has 0 saturated carbocycles. The van der Waals surface area contributed by atoms with Gasteiger partial charge in [-0.25, -0.2) is 9.87 Å². The standard InChI is InChI=1S/C21H24FN3O2/c1-14-17(18-4-2-3-5-20(18)24-14)10-11-23-13-16-8-6-15(7-9-16)12-19(22)21(26)25-27/h2-9,12,14,17,23-24,27H,10-11,13H2,1H3,(H,25,26)/b19-12+. The average molecular weight is 369 g/mol. The van der Waals surface area contributed by atoms with Gasteiger partial charge in [-0.1, -0.05) is 42.5 Å². The van der Waals surface area contributed by atoms with Crippen molar-refractivity contribution < 1.29 is 14.4 Å². The van der Waals surface area contributed by atoms with Crippen molar-refractivity contribution >= 4 is 17.7 Å². The molecule has 1 aliphatic heterocycles. The quantitative estimate of drug-likeness (QED) is 0.261. The fourth-order valence-electron chi connectivity index (χ4n) is 3.46. The van der Waals surface area contributed by atoms with Crippen LogP contribution in [0.15, 0.2) is 54.4 Å². The molecule has 4 N–H and O–H groups in total. The molecular formula is C21H24FN3O2. The Kier molecular flexibility index (Phi) is 6.21. The largest absolute Gasteiger partial charge is 0.382 e. The van der Waals surface area contributed by atoms with E-state index in [9.17, 15) is 9.18 Å². The van der Waals surface area contributed by atoms with Crippen LogP contribution in [0.5, 0.6) is 0 Å². The van der Waals surface area contributed by atoms with E-state index in [1.54, 1.807) is 12.1 Å². The summed E-state index contributed by atoms with van der Waals surface area (Å²) in [6.07, 6.45) is 2.13. The van der Waals surface area contributed by atoms with Crippen LogP contribution in [0.25, 0.3) is 6.08 Å². The van der Waals surface area contributed by atoms with E-state index in [0.717, 1.165) is 31.1 Å². The molecule has 0 aliphatic carbocycles. The molecule has 0 fully saturated rings. The summed E-state index contributed by atoms with van der Waals surface area (Å²) in [6, 6.07) is 16.1. The van der Waals surface area contributed by atoms with Crippen molar-refractivity contribution in [3.63, 3.8) is 0 Å². The van der Waals surface area contributed by atoms with Gasteiger partial charge >= 0.3 is 5.91 Å². The number of anilines is 1. The van der Waals surface area contributed by atoms with E-state index >= 15 is 0 Å². The maximum absolute atomic E-state index is 13.4. The Bertz CT molecular complexity index is 820. The van der Waals surface area contributed by atoms with Gasteiger partial charge in [-0.2, -0.15) is 0 Å². The minimum atomic E-state index is -1.15. The molecule has 5 nitrogen and oxygen atoms in total. The molecule has 0 aromatic heterocycles. The highest BCUT2D eigenvalue weighted by molar-refractivity contribution is 5.94. The number of hydrogen-bond donors (Lipinski definition) is 4. The molecule has 1 aliphatic rings. The maximum atomic E-state index is 13.4. The minimum absolute atomic E-state index is 0.432. The Balaban J connectivity index is 1.48. The molecular weight excluding hydrogens is 345 g/mol. The predicted molar refractivity (Wildman–Crippen MR) is 104 cm³/mol. The number of hydroxylamine groups is 1. The van der Waals surface area contributed by atoms with Gasteiger partial charge in [-0.05, 0) is 48.7 Å². The number of nitrogens with one attached hydrogen (secondary N) is 3. The van der Waals surface area contributed by atoms with Crippen LogP contribution in [0.4, 0.5) is 10.1 Å². The molecule has 0 spiro atoms. The topological polar surface area (TPSA) is 73.4 Å². The lowest BCUT2D eigenvalue weighted by Gasteiger charge is -2.16. The van der Waals surface area contributed by atoms with Gasteiger partial charge in [-0.15, -0.1) is 0 Å². The Labute approximate surface area is 158 Å². The van der Waals surface area contributed by atoms with E-state index in [1.807, 2.05) is 12.1 Å². The lowest BCUT2D eigenvalue weighted by Crippen LogP contribution is -2.22. The molecule has 0 bridgehead atoms. The third-order valence-electron chi connectivity index (χ3n) is 4.90. The molecule has 2 aromatic carbocycles. The Morgan fingerprint density at radius 2 is 1.96 bits per heavy atom. The van der Waals surface area contributed by atoms with Gasteiger partial charge in [0.2, 0.25) is 0 Å². The summed E-state index contributed by atoms with van der Waals surface area (Å²) in [5, 5.41) is 15.4. The molecule has 6 heteroatoms. The Hall–Kier alpha value is -2.70. The summed E-state index contributed by atoms with van der Waals surface area (Å²) in [5.74, 6) is -1.69. The van der Waals surface area contributed by atoms with Gasteiger partial charge in [0.25, 0.3) is 0 Å². The summed E-state index contributed by atoms with van der Waals surface area (Å²) in [7, 11) is 0. The zero-order valence-electron chi connectivity index (χ0n) is 15.2. The molecule has 142 valence electrons. The van der Waals surface area contributed by atoms with Gasteiger partial charge in [0.1, 0.15) is 0 Å². The van der Waals surface area contributed by atoms with E-state index in [2.05, 4.69) is 41.8 Å². The monoisotopic (exact) mass is 369 g/mol. The van der Waals surface area contributed by atoms with Crippen LogP contribution in [0.3, 0.4) is 0 Å². The molecule has 0 radical (unpaired) electrons. The van der Waals surface area contributed by atoms with Gasteiger partial charge < -0.3 is 10.6 Å². The van der Waals surface area contributed by atoms with Crippen LogP contribution < -0.4 is 16.1 Å². The maximum Gasteiger partial charge on any atom is 0.303 e. The number of benzene rings is 2. The van der Waals surface area contributed by atoms with Gasteiger partial charge in [0.05, 0.1) is 0 Å². The second kappa shape index (κ2) is 8.79. The second-order valence-electron chi connectivity index (χ2n) is 6.77. The van der Waals surface area contributed by atoms with Crippen LogP contribution in [0.1, 0.15) is 36.0 Å². The Morgan fingerprint density at radius 1 is 1.22 bits per heavy atom. The fourth-order valence-corrected chi connectivity index (χ4v) is 3.46. The molecule has 1 heterocycles. The third kappa shape index (κ3) is 4.72. The second-order valence-corrected chi connectivity index (χ2v) is 6.77. The zero-order chi connectivity index (χ0) is 19.2. The number of hydrogen-bond acceptors (Lipinski definition) is 4. The number of halogens is 1. The molecule has 2 aromatic rings. The van der Waals surface area contributed by atoms with E-state index < -0.39 is 11.7 Å². The van der Waals surface area contributed by atoms with Crippen LogP contribution in [-0.2, 0) is 11.3 Å². The third-order valence-corrected chi connectivity index (χ3v) is 4.90. The average Bonchev–Trinajstić information content (AvgIpc) is 3.01. The van der Waals surface area contributed by atoms with Crippen LogP contribution in [0, 0.1) is 0 Å². The molecule has 1 amide bonds. The zero-order valence-corrected chi connectivity index (χ0v) is 15.2. The first kappa shape index (κ1) is 19.1. The van der Waals surface area contributed by atoms with Crippen molar-refractivity contribution in [1.82, 2.24) is 10.8 Å². The summed E-state index contributed by atoms with van der Waals surface area (Å²) >= 11 is 0. The van der Waals surface area contributed by atoms with Crippen molar-refractivity contribution in [2.75, 3.05) is 11.9 Å². The van der Waals surface area contributed by atoms with Crippen molar-refractivity contribution in [1.29, 1.82) is 0 Å². The van der Waals surface area contributed by atoms with Gasteiger partial charge in [-0.3, -0.25) is 10.0 Å². The fraction of sp³-hybridized carbons (Fsp3) is 0.286. The number of carbonyl (C=O) groups is 1. The van der Waals surface area contributed by atoms with E-state index in [-0.39, 0.29) is 0 Å². The SMILES string of the molecule is CC1Nc2ccccc2C1CCNCc1ccc(/C=C(/F)C(=O)NO)cc1. The van der Waals surface area contributed by atoms with Crippen molar-refractivity contribution in [2.45, 2.75) is 31.8 Å². The first-order valence-electron chi connectivity index (χ1n) is 9.05. The number of rotatable bonds is 7. The van der Waals surface area contributed by atoms with Crippen LogP contribution in [-0.4, -0.2) is 23.7 Å². The summed E-state index contributed by atoms with van der Waals surface area (Å²) < 4.78 is 13.4. The lowest BCUT2D eigenvalue weighted by atomic mass is 9.93. The minimum Gasteiger partial charge on any atom is -0.382 e. The molecule has 3 rings (SSSR count). The van der Waals surface area contributed by atoms with Crippen molar-refractivity contribution in [2.24, 2.45) is 0 Å². The number of para-hydroxylation sites is 1. The molecule has 0 saturated heterocycles. The molecule has 2 unspecified atom stereocenters. The van der Waals surface area contributed by atoms with Crippen molar-refractivity contribution in [3.8, 4) is 0 Å². The predicted octanol–water partition coefficient (Wildman–Crippen LogP) is 3.58. The van der Waals surface area contributed by atoms with E-state index in [4.69, 9.17) is 5.21 Å². The van der Waals surface area contributed by atoms with Gasteiger partial charge in [0, 0.05) is 24.2 Å². The summed E-state index contributed by atoms with van der Waals surface area (Å²) in [5.41, 5.74) is 5.53. The van der Waals surface area contributed by atoms with Crippen molar-refractivity contribution in [3.05, 3.63) is 71.0 Å². The highest BCUT2D eigenvalue weighted by Crippen LogP contribution is 2.37. The van der Waals surface area contributed by atoms with Gasteiger partial charge in [0.15, 0.2) is 5.83 Å². The molecule has 27 heavy (non-hydrogen) atoms. The van der Waals surface area contributed by atoms with E-state index in [0.29, 0.717) is 17.5 Å². The summed E-state index contributed by atoms with van der Waals surface area (Å²) in [4.78, 5) is 10.9. The van der Waals surface area contributed by atoms with Crippen LogP contribution >= 0.6 is 0 Å². The highest BCUT2D eigenvalue weighted by Gasteiger charge is 2.27. The number of carbonyl (C=O) groups excluding carboxylic acids is 1. The number of amides is 1. The first-order chi connectivity index (χ1) is 13.1. The van der Waals surface area contributed by atoms with Crippen LogP contribution in [0.2, 0.25) is 0 Å². The normalized spacial score (nSPS) is 18.7. The van der Waals surface area contributed by atoms with E-state index in [1.165, 1.54) is 16.7 Å². The molecule has 2 atom stereocenters. The lowest BCUT2D eigenvalue weighted by molar-refractivity contribution is -0.126. The smallest absolute Gasteiger partial charge is 0.303 e. The highest BCUT2D eigenvalue weighted by atomic mass is 19.1. The number of fused-ring (bicyclic) bond motifs is 1. The Morgan fingerprint density at radius 3 is 2.70 bits per heavy atom. The first-order valence-corrected chi connectivity index (χ1v) is 9.05. The summed E-state index contributed by atoms with van der Waals surface area (Å²) in [6.45, 7) is 3.84.